The number of hydrogen-bond donors (Lipinski definition) is 1. The molecule has 4 rings (SSSR count). The fourth-order valence-corrected chi connectivity index (χ4v) is 3.08. The molecule has 1 N–H and O–H groups in total. The van der Waals surface area contributed by atoms with Gasteiger partial charge in [-0.25, -0.2) is 14.6 Å². The first-order valence-corrected chi connectivity index (χ1v) is 9.92. The van der Waals surface area contributed by atoms with Crippen LogP contribution in [0.15, 0.2) is 60.9 Å². The van der Waals surface area contributed by atoms with Crippen molar-refractivity contribution in [3.05, 3.63) is 89.0 Å². The van der Waals surface area contributed by atoms with Gasteiger partial charge in [0.05, 0.1) is 5.69 Å². The number of amides is 1. The highest BCUT2D eigenvalue weighted by molar-refractivity contribution is 6.04. The third-order valence-corrected chi connectivity index (χ3v) is 5.15. The van der Waals surface area contributed by atoms with Gasteiger partial charge in [0.25, 0.3) is 5.91 Å². The number of nitrogens with zero attached hydrogens (tertiary/aromatic N) is 4. The molecule has 0 aliphatic carbocycles. The first-order chi connectivity index (χ1) is 14.9. The van der Waals surface area contributed by atoms with Gasteiger partial charge in [-0.3, -0.25) is 4.79 Å². The average molecular weight is 413 g/mol. The van der Waals surface area contributed by atoms with Gasteiger partial charge in [0.15, 0.2) is 5.82 Å². The Kier molecular flexibility index (Phi) is 5.49. The molecule has 1 amide bonds. The SMILES string of the molecule is Cc1ccc(C(=O)Nc2ccc(Oc3cc(-n4nc(C)c(C)c4C)ncn3)cc2)cc1. The molecule has 2 aromatic carbocycles. The van der Waals surface area contributed by atoms with E-state index >= 15 is 0 Å². The van der Waals surface area contributed by atoms with Crippen LogP contribution in [0.2, 0.25) is 0 Å². The smallest absolute Gasteiger partial charge is 0.255 e. The standard InChI is InChI=1S/C24H23N5O2/c1-15-5-7-19(8-6-15)24(30)27-20-9-11-21(12-10-20)31-23-13-22(25-14-26-23)29-18(4)16(2)17(3)28-29/h5-14H,1-4H3,(H,27,30). The summed E-state index contributed by atoms with van der Waals surface area (Å²) in [5, 5.41) is 7.41. The van der Waals surface area contributed by atoms with E-state index in [-0.39, 0.29) is 5.91 Å². The summed E-state index contributed by atoms with van der Waals surface area (Å²) in [4.78, 5) is 20.9. The fraction of sp³-hybridized carbons (Fsp3) is 0.167. The van der Waals surface area contributed by atoms with Crippen LogP contribution in [0, 0.1) is 27.7 Å². The van der Waals surface area contributed by atoms with Gasteiger partial charge in [0.1, 0.15) is 12.1 Å². The first kappa shape index (κ1) is 20.3. The number of hydrogen-bond acceptors (Lipinski definition) is 5. The minimum Gasteiger partial charge on any atom is -0.439 e. The van der Waals surface area contributed by atoms with Gasteiger partial charge in [-0.15, -0.1) is 0 Å². The van der Waals surface area contributed by atoms with Crippen LogP contribution in [0.25, 0.3) is 5.82 Å². The zero-order valence-corrected chi connectivity index (χ0v) is 17.9. The minimum absolute atomic E-state index is 0.158. The number of rotatable bonds is 5. The predicted octanol–water partition coefficient (Wildman–Crippen LogP) is 4.94. The molecule has 0 spiro atoms. The maximum atomic E-state index is 12.4. The Hall–Kier alpha value is -4.00. The predicted molar refractivity (Wildman–Crippen MR) is 119 cm³/mol. The molecule has 156 valence electrons. The highest BCUT2D eigenvalue weighted by Gasteiger charge is 2.12. The summed E-state index contributed by atoms with van der Waals surface area (Å²) in [6, 6.07) is 16.3. The molecule has 0 aliphatic heterocycles. The fourth-order valence-electron chi connectivity index (χ4n) is 3.08. The summed E-state index contributed by atoms with van der Waals surface area (Å²) in [5.41, 5.74) is 5.51. The third-order valence-electron chi connectivity index (χ3n) is 5.15. The summed E-state index contributed by atoms with van der Waals surface area (Å²) in [6.07, 6.45) is 1.45. The number of benzene rings is 2. The van der Waals surface area contributed by atoms with Gasteiger partial charge >= 0.3 is 0 Å². The lowest BCUT2D eigenvalue weighted by Gasteiger charge is -2.09. The van der Waals surface area contributed by atoms with Gasteiger partial charge in [-0.05, 0) is 69.7 Å². The summed E-state index contributed by atoms with van der Waals surface area (Å²) in [7, 11) is 0. The summed E-state index contributed by atoms with van der Waals surface area (Å²) >= 11 is 0. The highest BCUT2D eigenvalue weighted by atomic mass is 16.5. The lowest BCUT2D eigenvalue weighted by atomic mass is 10.1. The molecule has 31 heavy (non-hydrogen) atoms. The van der Waals surface area contributed by atoms with E-state index in [1.807, 2.05) is 39.8 Å². The minimum atomic E-state index is -0.158. The molecule has 4 aromatic rings. The quantitative estimate of drug-likeness (QED) is 0.501. The van der Waals surface area contributed by atoms with Crippen LogP contribution >= 0.6 is 0 Å². The van der Waals surface area contributed by atoms with Gasteiger partial charge in [-0.2, -0.15) is 5.10 Å². The monoisotopic (exact) mass is 413 g/mol. The Morgan fingerprint density at radius 2 is 1.65 bits per heavy atom. The molecule has 2 heterocycles. The Bertz CT molecular complexity index is 1230. The molecule has 0 fully saturated rings. The van der Waals surface area contributed by atoms with Crippen molar-refractivity contribution < 1.29 is 9.53 Å². The van der Waals surface area contributed by atoms with Gasteiger partial charge in [0.2, 0.25) is 5.88 Å². The van der Waals surface area contributed by atoms with Crippen LogP contribution < -0.4 is 10.1 Å². The number of carbonyl (C=O) groups excluding carboxylic acids is 1. The van der Waals surface area contributed by atoms with Crippen molar-refractivity contribution in [3.63, 3.8) is 0 Å². The zero-order valence-electron chi connectivity index (χ0n) is 17.9. The summed E-state index contributed by atoms with van der Waals surface area (Å²) in [6.45, 7) is 7.99. The second kappa shape index (κ2) is 8.39. The molecule has 0 saturated heterocycles. The summed E-state index contributed by atoms with van der Waals surface area (Å²) < 4.78 is 7.65. The molecule has 7 nitrogen and oxygen atoms in total. The Morgan fingerprint density at radius 1 is 0.935 bits per heavy atom. The van der Waals surface area contributed by atoms with Crippen molar-refractivity contribution >= 4 is 11.6 Å². The molecule has 0 saturated carbocycles. The van der Waals surface area contributed by atoms with Crippen LogP contribution in [-0.4, -0.2) is 25.7 Å². The molecule has 0 bridgehead atoms. The normalized spacial score (nSPS) is 10.7. The largest absolute Gasteiger partial charge is 0.439 e. The maximum absolute atomic E-state index is 12.4. The Morgan fingerprint density at radius 3 is 2.29 bits per heavy atom. The number of ether oxygens (including phenoxy) is 1. The van der Waals surface area contributed by atoms with Crippen LogP contribution in [0.5, 0.6) is 11.6 Å². The number of carbonyl (C=O) groups is 1. The van der Waals surface area contributed by atoms with Crippen LogP contribution in [0.1, 0.15) is 32.9 Å². The van der Waals surface area contributed by atoms with E-state index in [4.69, 9.17) is 4.74 Å². The number of nitrogens with one attached hydrogen (secondary N) is 1. The van der Waals surface area contributed by atoms with E-state index in [9.17, 15) is 4.79 Å². The van der Waals surface area contributed by atoms with Crippen molar-refractivity contribution in [2.45, 2.75) is 27.7 Å². The van der Waals surface area contributed by atoms with E-state index in [1.165, 1.54) is 6.33 Å². The molecule has 0 unspecified atom stereocenters. The maximum Gasteiger partial charge on any atom is 0.255 e. The second-order valence-corrected chi connectivity index (χ2v) is 7.37. The molecule has 0 atom stereocenters. The van der Waals surface area contributed by atoms with Crippen molar-refractivity contribution in [1.82, 2.24) is 19.7 Å². The Labute approximate surface area is 180 Å². The highest BCUT2D eigenvalue weighted by Crippen LogP contribution is 2.23. The van der Waals surface area contributed by atoms with Crippen molar-refractivity contribution in [2.75, 3.05) is 5.32 Å². The van der Waals surface area contributed by atoms with E-state index in [1.54, 1.807) is 47.1 Å². The number of aromatic nitrogens is 4. The zero-order chi connectivity index (χ0) is 22.0. The van der Waals surface area contributed by atoms with Crippen LogP contribution in [0.4, 0.5) is 5.69 Å². The molecule has 7 heteroatoms. The van der Waals surface area contributed by atoms with Gasteiger partial charge in [0, 0.05) is 23.0 Å². The van der Waals surface area contributed by atoms with Crippen LogP contribution in [0.3, 0.4) is 0 Å². The molecular formula is C24H23N5O2. The lowest BCUT2D eigenvalue weighted by molar-refractivity contribution is 0.102. The molecule has 2 aromatic heterocycles. The Balaban J connectivity index is 1.46. The van der Waals surface area contributed by atoms with E-state index in [2.05, 4.69) is 20.4 Å². The van der Waals surface area contributed by atoms with Crippen LogP contribution in [-0.2, 0) is 0 Å². The molecule has 0 aliphatic rings. The topological polar surface area (TPSA) is 81.9 Å². The second-order valence-electron chi connectivity index (χ2n) is 7.37. The van der Waals surface area contributed by atoms with Gasteiger partial charge in [-0.1, -0.05) is 17.7 Å². The van der Waals surface area contributed by atoms with E-state index < -0.39 is 0 Å². The van der Waals surface area contributed by atoms with Gasteiger partial charge < -0.3 is 10.1 Å². The van der Waals surface area contributed by atoms with Crippen molar-refractivity contribution in [3.8, 4) is 17.4 Å². The summed E-state index contributed by atoms with van der Waals surface area (Å²) in [5.74, 6) is 1.49. The lowest BCUT2D eigenvalue weighted by Crippen LogP contribution is -2.11. The van der Waals surface area contributed by atoms with Crippen molar-refractivity contribution in [2.24, 2.45) is 0 Å². The van der Waals surface area contributed by atoms with E-state index in [0.717, 1.165) is 22.5 Å². The number of aryl methyl sites for hydroxylation is 2. The number of anilines is 1. The first-order valence-electron chi connectivity index (χ1n) is 9.92. The third kappa shape index (κ3) is 4.45. The average Bonchev–Trinajstić information content (AvgIpc) is 3.03. The molecule has 0 radical (unpaired) electrons. The molecular weight excluding hydrogens is 390 g/mol. The van der Waals surface area contributed by atoms with Crippen molar-refractivity contribution in [1.29, 1.82) is 0 Å². The van der Waals surface area contributed by atoms with E-state index in [0.29, 0.717) is 28.7 Å².